The molecule has 0 aliphatic heterocycles. The molecule has 100 valence electrons. The Kier molecular flexibility index (Phi) is 7.73. The van der Waals surface area contributed by atoms with E-state index in [0.717, 1.165) is 44.0 Å². The summed E-state index contributed by atoms with van der Waals surface area (Å²) in [6.45, 7) is 8.94. The highest BCUT2D eigenvalue weighted by Gasteiger charge is 1.97. The third-order valence-corrected chi connectivity index (χ3v) is 2.42. The van der Waals surface area contributed by atoms with Gasteiger partial charge in [0.2, 0.25) is 0 Å². The van der Waals surface area contributed by atoms with Gasteiger partial charge < -0.3 is 14.8 Å². The Morgan fingerprint density at radius 3 is 2.72 bits per heavy atom. The van der Waals surface area contributed by atoms with Gasteiger partial charge >= 0.3 is 0 Å². The van der Waals surface area contributed by atoms with Gasteiger partial charge in [-0.2, -0.15) is 0 Å². The van der Waals surface area contributed by atoms with Crippen molar-refractivity contribution in [3.63, 3.8) is 0 Å². The Morgan fingerprint density at radius 2 is 2.00 bits per heavy atom. The van der Waals surface area contributed by atoms with Crippen molar-refractivity contribution in [2.75, 3.05) is 26.3 Å². The molecule has 18 heavy (non-hydrogen) atoms. The Bertz CT molecular complexity index is 339. The van der Waals surface area contributed by atoms with E-state index in [-0.39, 0.29) is 0 Å². The molecule has 0 fully saturated rings. The average Bonchev–Trinajstić information content (AvgIpc) is 2.39. The SMILES string of the molecule is C=CCNCCCCOc1cccc(OCC)c1. The highest BCUT2D eigenvalue weighted by atomic mass is 16.5. The molecule has 0 amide bonds. The first-order valence-electron chi connectivity index (χ1n) is 6.54. The maximum atomic E-state index is 5.67. The Balaban J connectivity index is 2.14. The van der Waals surface area contributed by atoms with Crippen molar-refractivity contribution in [2.45, 2.75) is 19.8 Å². The lowest BCUT2D eigenvalue weighted by molar-refractivity contribution is 0.300. The van der Waals surface area contributed by atoms with Crippen LogP contribution in [-0.4, -0.2) is 26.3 Å². The normalized spacial score (nSPS) is 10.1. The first kappa shape index (κ1) is 14.6. The Labute approximate surface area is 110 Å². The van der Waals surface area contributed by atoms with Gasteiger partial charge in [0, 0.05) is 12.6 Å². The summed E-state index contributed by atoms with van der Waals surface area (Å²) in [5.74, 6) is 1.74. The highest BCUT2D eigenvalue weighted by Crippen LogP contribution is 2.19. The van der Waals surface area contributed by atoms with Crippen LogP contribution in [0.25, 0.3) is 0 Å². The maximum absolute atomic E-state index is 5.67. The Morgan fingerprint density at radius 1 is 1.22 bits per heavy atom. The molecular formula is C15H23NO2. The summed E-state index contributed by atoms with van der Waals surface area (Å²) in [7, 11) is 0. The molecule has 3 heteroatoms. The van der Waals surface area contributed by atoms with Gasteiger partial charge in [-0.1, -0.05) is 12.1 Å². The summed E-state index contributed by atoms with van der Waals surface area (Å²) in [6.07, 6.45) is 4.03. The van der Waals surface area contributed by atoms with Gasteiger partial charge in [-0.05, 0) is 38.4 Å². The number of hydrogen-bond donors (Lipinski definition) is 1. The first-order chi connectivity index (χ1) is 8.86. The number of benzene rings is 1. The summed E-state index contributed by atoms with van der Waals surface area (Å²) < 4.78 is 11.1. The van der Waals surface area contributed by atoms with Crippen LogP contribution >= 0.6 is 0 Å². The van der Waals surface area contributed by atoms with Crippen LogP contribution in [0.5, 0.6) is 11.5 Å². The first-order valence-corrected chi connectivity index (χ1v) is 6.54. The van der Waals surface area contributed by atoms with E-state index in [0.29, 0.717) is 6.61 Å². The lowest BCUT2D eigenvalue weighted by Crippen LogP contribution is -2.15. The van der Waals surface area contributed by atoms with E-state index in [1.54, 1.807) is 0 Å². The second-order valence-electron chi connectivity index (χ2n) is 3.96. The predicted octanol–water partition coefficient (Wildman–Crippen LogP) is 3.02. The van der Waals surface area contributed by atoms with E-state index in [9.17, 15) is 0 Å². The zero-order valence-corrected chi connectivity index (χ0v) is 11.2. The average molecular weight is 249 g/mol. The summed E-state index contributed by atoms with van der Waals surface area (Å²) in [5, 5.41) is 3.27. The summed E-state index contributed by atoms with van der Waals surface area (Å²) >= 11 is 0. The van der Waals surface area contributed by atoms with Gasteiger partial charge in [0.05, 0.1) is 13.2 Å². The monoisotopic (exact) mass is 249 g/mol. The summed E-state index contributed by atoms with van der Waals surface area (Å²) in [6, 6.07) is 7.78. The second kappa shape index (κ2) is 9.54. The van der Waals surface area contributed by atoms with E-state index in [1.165, 1.54) is 0 Å². The minimum atomic E-state index is 0.679. The summed E-state index contributed by atoms with van der Waals surface area (Å²) in [5.41, 5.74) is 0. The topological polar surface area (TPSA) is 30.5 Å². The van der Waals surface area contributed by atoms with Crippen LogP contribution in [0.1, 0.15) is 19.8 Å². The predicted molar refractivity (Wildman–Crippen MR) is 75.4 cm³/mol. The molecule has 0 saturated carbocycles. The van der Waals surface area contributed by atoms with E-state index < -0.39 is 0 Å². The van der Waals surface area contributed by atoms with Crippen molar-refractivity contribution in [3.8, 4) is 11.5 Å². The fraction of sp³-hybridized carbons (Fsp3) is 0.467. The molecule has 0 spiro atoms. The van der Waals surface area contributed by atoms with E-state index in [2.05, 4.69) is 11.9 Å². The molecule has 3 nitrogen and oxygen atoms in total. The van der Waals surface area contributed by atoms with Crippen LogP contribution in [0.3, 0.4) is 0 Å². The molecule has 0 atom stereocenters. The Hall–Kier alpha value is -1.48. The molecule has 1 rings (SSSR count). The van der Waals surface area contributed by atoms with Crippen LogP contribution in [-0.2, 0) is 0 Å². The van der Waals surface area contributed by atoms with Gasteiger partial charge in [-0.3, -0.25) is 0 Å². The van der Waals surface area contributed by atoms with Gasteiger partial charge in [0.25, 0.3) is 0 Å². The fourth-order valence-corrected chi connectivity index (χ4v) is 1.57. The lowest BCUT2D eigenvalue weighted by atomic mass is 10.3. The quantitative estimate of drug-likeness (QED) is 0.511. The fourth-order valence-electron chi connectivity index (χ4n) is 1.57. The minimum absolute atomic E-state index is 0.679. The van der Waals surface area contributed by atoms with Crippen LogP contribution in [0.15, 0.2) is 36.9 Å². The molecule has 1 N–H and O–H groups in total. The van der Waals surface area contributed by atoms with Crippen molar-refractivity contribution in [1.29, 1.82) is 0 Å². The van der Waals surface area contributed by atoms with Gasteiger partial charge in [-0.25, -0.2) is 0 Å². The van der Waals surface area contributed by atoms with Gasteiger partial charge in [0.15, 0.2) is 0 Å². The molecule has 0 aliphatic carbocycles. The second-order valence-corrected chi connectivity index (χ2v) is 3.96. The molecule has 0 heterocycles. The van der Waals surface area contributed by atoms with Crippen LogP contribution in [0.2, 0.25) is 0 Å². The largest absolute Gasteiger partial charge is 0.494 e. The van der Waals surface area contributed by atoms with E-state index in [1.807, 2.05) is 37.3 Å². The van der Waals surface area contributed by atoms with E-state index in [4.69, 9.17) is 9.47 Å². The zero-order chi connectivity index (χ0) is 13.1. The molecule has 0 saturated heterocycles. The molecule has 0 unspecified atom stereocenters. The number of ether oxygens (including phenoxy) is 2. The molecular weight excluding hydrogens is 226 g/mol. The highest BCUT2D eigenvalue weighted by molar-refractivity contribution is 5.32. The summed E-state index contributed by atoms with van der Waals surface area (Å²) in [4.78, 5) is 0. The standard InChI is InChI=1S/C15H23NO2/c1-3-10-16-11-5-6-12-18-15-9-7-8-14(13-15)17-4-2/h3,7-9,13,16H,1,4-6,10-12H2,2H3. The van der Waals surface area contributed by atoms with Gasteiger partial charge in [0.1, 0.15) is 11.5 Å². The zero-order valence-electron chi connectivity index (χ0n) is 11.2. The number of unbranched alkanes of at least 4 members (excludes halogenated alkanes) is 1. The number of nitrogens with one attached hydrogen (secondary N) is 1. The van der Waals surface area contributed by atoms with Crippen LogP contribution < -0.4 is 14.8 Å². The van der Waals surface area contributed by atoms with Crippen LogP contribution in [0.4, 0.5) is 0 Å². The third-order valence-electron chi connectivity index (χ3n) is 2.42. The van der Waals surface area contributed by atoms with Gasteiger partial charge in [-0.15, -0.1) is 6.58 Å². The van der Waals surface area contributed by atoms with Crippen molar-refractivity contribution in [3.05, 3.63) is 36.9 Å². The molecule has 0 aliphatic rings. The molecule has 1 aromatic carbocycles. The number of hydrogen-bond acceptors (Lipinski definition) is 3. The molecule has 0 radical (unpaired) electrons. The van der Waals surface area contributed by atoms with E-state index >= 15 is 0 Å². The lowest BCUT2D eigenvalue weighted by Gasteiger charge is -2.08. The maximum Gasteiger partial charge on any atom is 0.122 e. The molecule has 1 aromatic rings. The van der Waals surface area contributed by atoms with Crippen molar-refractivity contribution < 1.29 is 9.47 Å². The number of rotatable bonds is 10. The smallest absolute Gasteiger partial charge is 0.122 e. The molecule has 0 aromatic heterocycles. The minimum Gasteiger partial charge on any atom is -0.494 e. The third kappa shape index (κ3) is 6.30. The van der Waals surface area contributed by atoms with Crippen molar-refractivity contribution in [2.24, 2.45) is 0 Å². The van der Waals surface area contributed by atoms with Crippen molar-refractivity contribution in [1.82, 2.24) is 5.32 Å². The van der Waals surface area contributed by atoms with Crippen molar-refractivity contribution >= 4 is 0 Å². The molecule has 0 bridgehead atoms. The van der Waals surface area contributed by atoms with Crippen LogP contribution in [0, 0.1) is 0 Å².